The number of nitrogens with zero attached hydrogens (tertiary/aromatic N) is 5. The summed E-state index contributed by atoms with van der Waals surface area (Å²) >= 11 is 0. The van der Waals surface area contributed by atoms with Crippen LogP contribution in [0.1, 0.15) is 132 Å². The summed E-state index contributed by atoms with van der Waals surface area (Å²) in [6.45, 7) is 38.4. The van der Waals surface area contributed by atoms with Crippen molar-refractivity contribution in [3.63, 3.8) is 0 Å². The minimum absolute atomic E-state index is 0.0754. The van der Waals surface area contributed by atoms with Gasteiger partial charge in [-0.25, -0.2) is 9.15 Å². The van der Waals surface area contributed by atoms with E-state index in [-0.39, 0.29) is 34.2 Å². The van der Waals surface area contributed by atoms with Crippen molar-refractivity contribution in [3.8, 4) is 0 Å². The molecule has 8 aromatic rings. The molecule has 3 aliphatic carbocycles. The zero-order chi connectivity index (χ0) is 64.7. The second-order valence-electron chi connectivity index (χ2n) is 24.6. The average Bonchev–Trinajstić information content (AvgIpc) is 1.56. The number of para-hydroxylation sites is 1. The molecule has 0 saturated heterocycles. The first-order chi connectivity index (χ1) is 43.5. The summed E-state index contributed by atoms with van der Waals surface area (Å²) in [5.41, 5.74) is 13.7. The van der Waals surface area contributed by atoms with Crippen LogP contribution in [-0.4, -0.2) is 93.4 Å². The molecule has 3 atom stereocenters. The molecule has 0 unspecified atom stereocenters. The van der Waals surface area contributed by atoms with Gasteiger partial charge in [-0.2, -0.15) is 4.58 Å². The lowest BCUT2D eigenvalue weighted by atomic mass is 9.66. The van der Waals surface area contributed by atoms with Gasteiger partial charge in [0.2, 0.25) is 18.0 Å². The normalized spacial score (nSPS) is 20.7. The number of allylic oxidation sites excluding steroid dienone is 4. The summed E-state index contributed by atoms with van der Waals surface area (Å²) in [7, 11) is 0. The van der Waals surface area contributed by atoms with Gasteiger partial charge in [0, 0.05) is 87.7 Å². The zero-order valence-corrected chi connectivity index (χ0v) is 55.2. The first-order valence-electron chi connectivity index (χ1n) is 32.2. The Morgan fingerprint density at radius 3 is 1.50 bits per heavy atom. The number of Topliss-reactive ketones (excluding diaryl/α,β-unsaturated/α-hetero) is 1. The fourth-order valence-electron chi connectivity index (χ4n) is 14.7. The van der Waals surface area contributed by atoms with Gasteiger partial charge in [-0.3, -0.25) is 4.79 Å². The second kappa shape index (κ2) is 26.7. The Hall–Kier alpha value is -9.51. The van der Waals surface area contributed by atoms with Gasteiger partial charge in [-0.1, -0.05) is 230 Å². The van der Waals surface area contributed by atoms with Crippen molar-refractivity contribution in [1.82, 2.24) is 9.34 Å². The quantitative estimate of drug-likeness (QED) is 0.0383. The lowest BCUT2D eigenvalue weighted by molar-refractivity contribution is -0.594. The van der Waals surface area contributed by atoms with Crippen LogP contribution in [0.2, 0.25) is 0 Å². The number of rotatable bonds is 9. The highest BCUT2D eigenvalue weighted by atomic mass is 16.1. The van der Waals surface area contributed by atoms with Crippen molar-refractivity contribution in [1.29, 1.82) is 5.41 Å². The molecular formula is C83H91N6O+5. The van der Waals surface area contributed by atoms with Gasteiger partial charge in [-0.05, 0) is 85.5 Å². The largest absolute Gasteiger partial charge is 0.311 e. The molecule has 0 bridgehead atoms. The van der Waals surface area contributed by atoms with Gasteiger partial charge in [0.15, 0.2) is 52.6 Å². The highest BCUT2D eigenvalue weighted by Crippen LogP contribution is 2.51. The molecule has 0 amide bonds. The Kier molecular flexibility index (Phi) is 19.3. The lowest BCUT2D eigenvalue weighted by Crippen LogP contribution is -2.40. The number of hydrogen-bond donors (Lipinski definition) is 1. The molecule has 0 spiro atoms. The Labute approximate surface area is 535 Å². The van der Waals surface area contributed by atoms with Crippen LogP contribution < -0.4 is 9.34 Å². The van der Waals surface area contributed by atoms with Crippen molar-refractivity contribution in [2.24, 2.45) is 0 Å². The zero-order valence-electron chi connectivity index (χ0n) is 55.2. The van der Waals surface area contributed by atoms with E-state index < -0.39 is 11.0 Å². The Morgan fingerprint density at radius 1 is 0.511 bits per heavy atom. The third kappa shape index (κ3) is 11.2. The molecule has 0 radical (unpaired) electrons. The lowest BCUT2D eigenvalue weighted by Gasteiger charge is -2.32. The molecule has 0 saturated carbocycles. The van der Waals surface area contributed by atoms with E-state index in [1.165, 1.54) is 72.4 Å². The van der Waals surface area contributed by atoms with Gasteiger partial charge >= 0.3 is 0 Å². The van der Waals surface area contributed by atoms with E-state index in [9.17, 15) is 4.79 Å². The summed E-state index contributed by atoms with van der Waals surface area (Å²) < 4.78 is 15.5. The van der Waals surface area contributed by atoms with Gasteiger partial charge in [0.05, 0.1) is 0 Å². The van der Waals surface area contributed by atoms with Crippen molar-refractivity contribution < 1.29 is 18.5 Å². The third-order valence-corrected chi connectivity index (χ3v) is 18.9. The van der Waals surface area contributed by atoms with Crippen molar-refractivity contribution in [3.05, 3.63) is 274 Å². The van der Waals surface area contributed by atoms with Crippen LogP contribution in [0.25, 0.3) is 27.1 Å². The number of fused-ring (bicyclic) bond motifs is 11. The molecule has 3 heterocycles. The SMILES string of the molecule is C=C1C=C2C(C)(C)[N+](CC(=O)c3ccccc3)=C[C@@]2(C=N)c2ccccc21.C=[N+]=C[C@@]12C=[N+](Cc3c4ccccc4cc4ccccc34)C(C)(C)C1=CCc1ccccc12.C=[N+]=C[C@@]12C=[N+](c3ccccc3)C(C)(C)C1=CCc1ccccc12.CC.CC.CC. The van der Waals surface area contributed by atoms with Gasteiger partial charge < -0.3 is 5.41 Å². The highest BCUT2D eigenvalue weighted by Gasteiger charge is 2.62. The molecule has 0 fully saturated rings. The summed E-state index contributed by atoms with van der Waals surface area (Å²) in [6, 6.07) is 65.3. The first kappa shape index (κ1) is 64.9. The first-order valence-corrected chi connectivity index (χ1v) is 32.2. The Bertz CT molecular complexity index is 4310. The topological polar surface area (TPSA) is 78.2 Å². The molecule has 1 N–H and O–H groups in total. The van der Waals surface area contributed by atoms with E-state index in [0.717, 1.165) is 41.7 Å². The fourth-order valence-corrected chi connectivity index (χ4v) is 14.7. The van der Waals surface area contributed by atoms with Gasteiger partial charge in [0.25, 0.3) is 25.9 Å². The molecule has 6 aliphatic rings. The predicted molar refractivity (Wildman–Crippen MR) is 387 cm³/mol. The van der Waals surface area contributed by atoms with E-state index in [0.29, 0.717) is 5.56 Å². The maximum absolute atomic E-state index is 12.8. The molecule has 90 heavy (non-hydrogen) atoms. The van der Waals surface area contributed by atoms with Gasteiger partial charge in [0.1, 0.15) is 5.41 Å². The van der Waals surface area contributed by atoms with Crippen LogP contribution in [0.15, 0.2) is 230 Å². The van der Waals surface area contributed by atoms with E-state index in [1.54, 1.807) is 0 Å². The van der Waals surface area contributed by atoms with E-state index in [2.05, 4.69) is 267 Å². The van der Waals surface area contributed by atoms with Crippen LogP contribution in [0.5, 0.6) is 0 Å². The maximum atomic E-state index is 12.8. The summed E-state index contributed by atoms with van der Waals surface area (Å²) in [4.78, 5) is 12.8. The summed E-state index contributed by atoms with van der Waals surface area (Å²) in [6.07, 6.45) is 21.1. The predicted octanol–water partition coefficient (Wildman–Crippen LogP) is 16.4. The third-order valence-electron chi connectivity index (χ3n) is 18.9. The highest BCUT2D eigenvalue weighted by molar-refractivity contribution is 6.07. The number of carbonyl (C=O) groups is 1. The average molecular weight is 1190 g/mol. The minimum atomic E-state index is -0.627. The molecule has 8 aromatic carbocycles. The molecule has 14 rings (SSSR count). The van der Waals surface area contributed by atoms with Crippen LogP contribution in [0.4, 0.5) is 5.69 Å². The molecule has 7 nitrogen and oxygen atoms in total. The number of benzene rings is 8. The fraction of sp³-hybridized carbons (Fsp3) is 0.265. The molecule has 454 valence electrons. The van der Waals surface area contributed by atoms with E-state index in [4.69, 9.17) is 5.41 Å². The monoisotopic (exact) mass is 1190 g/mol. The van der Waals surface area contributed by atoms with Crippen LogP contribution in [-0.2, 0) is 35.6 Å². The van der Waals surface area contributed by atoms with E-state index in [1.807, 2.05) is 96.4 Å². The molecular weight excluding hydrogens is 1100 g/mol. The van der Waals surface area contributed by atoms with Gasteiger partial charge in [-0.15, -0.1) is 9.34 Å². The minimum Gasteiger partial charge on any atom is -0.311 e. The number of hydrogen-bond acceptors (Lipinski definition) is 2. The number of ketones is 1. The Morgan fingerprint density at radius 2 is 0.956 bits per heavy atom. The number of nitrogens with one attached hydrogen (secondary N) is 1. The standard InChI is InChI=1S/C31H28N2.C24H23N2O.C22H22N2.3C2H6/c1-30(2)29-17-16-22-10-6-9-15-28(22)31(29,20-32-3)21-33(30)19-27-25-13-7-4-11-23(25)18-24-12-5-8-14-26(24)27;1-17-13-22-23(2,3)26(14-21(27)18-9-5-4-6-10-18)16-24(22,15-25)20-12-8-7-11-19(17)20;1-21(2)20-14-13-17-9-7-8-12-19(17)22(20,15-23-3)16-24(21)18-10-5-4-6-11-18;3*1-2/h4-15,17-18,20-21H,3,16,19H2,1-2H3;4-13,15-16,25H,1,14H2,2-3H3;4-12,14-16H,3,13H2,1-2H3;3*1-2H3/q+2;+1;+2;;;/t31-;24-;22-;;;/m000.../s1. The molecule has 3 aliphatic heterocycles. The summed E-state index contributed by atoms with van der Waals surface area (Å²) in [5.74, 6) is 0.0754. The summed E-state index contributed by atoms with van der Waals surface area (Å²) in [5, 5.41) is 13.5. The van der Waals surface area contributed by atoms with Crippen molar-refractivity contribution in [2.75, 3.05) is 6.54 Å². The van der Waals surface area contributed by atoms with Crippen LogP contribution in [0, 0.1) is 5.41 Å². The van der Waals surface area contributed by atoms with Crippen LogP contribution >= 0.6 is 0 Å². The maximum Gasteiger partial charge on any atom is 0.293 e. The Balaban J connectivity index is 0.000000155. The van der Waals surface area contributed by atoms with E-state index >= 15 is 0 Å². The van der Waals surface area contributed by atoms with Crippen molar-refractivity contribution >= 4 is 89.3 Å². The van der Waals surface area contributed by atoms with Crippen molar-refractivity contribution in [2.45, 2.75) is 135 Å². The van der Waals surface area contributed by atoms with Crippen LogP contribution in [0.3, 0.4) is 0 Å². The number of carbonyl (C=O) groups excluding carboxylic acids is 1. The smallest absolute Gasteiger partial charge is 0.293 e. The second-order valence-corrected chi connectivity index (χ2v) is 24.6. The molecule has 0 aromatic heterocycles. The molecule has 7 heteroatoms.